The molecule has 1 atom stereocenters. The van der Waals surface area contributed by atoms with Gasteiger partial charge in [-0.25, -0.2) is 0 Å². The average Bonchev–Trinajstić information content (AvgIpc) is 2.46. The Balaban J connectivity index is 1.64. The van der Waals surface area contributed by atoms with Crippen LogP contribution in [-0.4, -0.2) is 18.6 Å². The summed E-state index contributed by atoms with van der Waals surface area (Å²) in [5, 5.41) is 7.39. The fourth-order valence-corrected chi connectivity index (χ4v) is 3.64. The second-order valence-electron chi connectivity index (χ2n) is 6.50. The summed E-state index contributed by atoms with van der Waals surface area (Å²) in [4.78, 5) is 0. The van der Waals surface area contributed by atoms with Gasteiger partial charge in [-0.05, 0) is 37.8 Å². The van der Waals surface area contributed by atoms with Gasteiger partial charge in [-0.15, -0.1) is 0 Å². The summed E-state index contributed by atoms with van der Waals surface area (Å²) < 4.78 is 0. The van der Waals surface area contributed by atoms with Gasteiger partial charge in [-0.2, -0.15) is 0 Å². The molecule has 1 saturated carbocycles. The number of para-hydroxylation sites is 1. The molecule has 1 fully saturated rings. The molecule has 2 N–H and O–H groups in total. The predicted octanol–water partition coefficient (Wildman–Crippen LogP) is 3.90. The van der Waals surface area contributed by atoms with Crippen molar-refractivity contribution in [2.45, 2.75) is 56.9 Å². The molecule has 2 aliphatic rings. The topological polar surface area (TPSA) is 24.1 Å². The van der Waals surface area contributed by atoms with E-state index < -0.39 is 0 Å². The molecule has 2 heteroatoms. The lowest BCUT2D eigenvalue weighted by Crippen LogP contribution is -2.46. The van der Waals surface area contributed by atoms with Crippen LogP contribution in [0.15, 0.2) is 24.3 Å². The van der Waals surface area contributed by atoms with Gasteiger partial charge in [0.15, 0.2) is 0 Å². The van der Waals surface area contributed by atoms with Crippen LogP contribution in [0.2, 0.25) is 0 Å². The maximum absolute atomic E-state index is 3.88. The molecule has 2 nitrogen and oxygen atoms in total. The number of fused-ring (bicyclic) bond motifs is 1. The van der Waals surface area contributed by atoms with Crippen LogP contribution >= 0.6 is 0 Å². The van der Waals surface area contributed by atoms with Crippen LogP contribution in [0, 0.1) is 0 Å². The molecule has 1 aromatic carbocycles. The first kappa shape index (κ1) is 13.0. The van der Waals surface area contributed by atoms with Crippen molar-refractivity contribution in [3.8, 4) is 0 Å². The minimum absolute atomic E-state index is 0.387. The zero-order valence-corrected chi connectivity index (χ0v) is 12.0. The van der Waals surface area contributed by atoms with Crippen molar-refractivity contribution < 1.29 is 0 Å². The minimum Gasteiger partial charge on any atom is -0.385 e. The summed E-state index contributed by atoms with van der Waals surface area (Å²) in [6.07, 6.45) is 8.16. The molecule has 3 rings (SSSR count). The van der Waals surface area contributed by atoms with E-state index in [0.717, 1.165) is 13.1 Å². The van der Waals surface area contributed by atoms with Crippen LogP contribution in [0.5, 0.6) is 0 Å². The highest BCUT2D eigenvalue weighted by Gasteiger charge is 2.28. The fourth-order valence-electron chi connectivity index (χ4n) is 3.64. The Bertz CT molecular complexity index is 421. The van der Waals surface area contributed by atoms with Crippen molar-refractivity contribution in [1.82, 2.24) is 5.32 Å². The minimum atomic E-state index is 0.387. The molecule has 1 aromatic rings. The Labute approximate surface area is 117 Å². The highest BCUT2D eigenvalue weighted by molar-refractivity contribution is 5.54. The molecule has 0 spiro atoms. The van der Waals surface area contributed by atoms with E-state index in [2.05, 4.69) is 41.8 Å². The molecule has 0 bridgehead atoms. The second-order valence-corrected chi connectivity index (χ2v) is 6.50. The van der Waals surface area contributed by atoms with Crippen molar-refractivity contribution in [1.29, 1.82) is 0 Å². The van der Waals surface area contributed by atoms with E-state index in [4.69, 9.17) is 0 Å². The average molecular weight is 258 g/mol. The Morgan fingerprint density at radius 2 is 2.00 bits per heavy atom. The fraction of sp³-hybridized carbons (Fsp3) is 0.647. The third-order valence-corrected chi connectivity index (χ3v) is 4.94. The Morgan fingerprint density at radius 3 is 2.84 bits per heavy atom. The molecule has 0 radical (unpaired) electrons. The van der Waals surface area contributed by atoms with Gasteiger partial charge < -0.3 is 10.6 Å². The summed E-state index contributed by atoms with van der Waals surface area (Å²) in [6, 6.07) is 8.80. The lowest BCUT2D eigenvalue weighted by Gasteiger charge is -2.37. The van der Waals surface area contributed by atoms with Gasteiger partial charge in [0.1, 0.15) is 0 Å². The van der Waals surface area contributed by atoms with Crippen LogP contribution in [0.1, 0.15) is 56.9 Å². The van der Waals surface area contributed by atoms with Crippen molar-refractivity contribution in [3.63, 3.8) is 0 Å². The first-order valence-electron chi connectivity index (χ1n) is 7.85. The second kappa shape index (κ2) is 5.54. The van der Waals surface area contributed by atoms with Crippen LogP contribution < -0.4 is 10.6 Å². The van der Waals surface area contributed by atoms with E-state index in [1.54, 1.807) is 0 Å². The third kappa shape index (κ3) is 2.94. The number of nitrogens with one attached hydrogen (secondary N) is 2. The van der Waals surface area contributed by atoms with E-state index in [9.17, 15) is 0 Å². The highest BCUT2D eigenvalue weighted by atomic mass is 15.0. The maximum Gasteiger partial charge on any atom is 0.0376 e. The normalized spacial score (nSPS) is 25.4. The van der Waals surface area contributed by atoms with E-state index in [0.29, 0.717) is 11.5 Å². The number of rotatable bonds is 3. The first-order chi connectivity index (χ1) is 9.27. The summed E-state index contributed by atoms with van der Waals surface area (Å²) in [7, 11) is 0. The molecule has 104 valence electrons. The van der Waals surface area contributed by atoms with Crippen LogP contribution in [0.25, 0.3) is 0 Å². The van der Waals surface area contributed by atoms with Crippen LogP contribution in [-0.2, 0) is 0 Å². The smallest absolute Gasteiger partial charge is 0.0376 e. The Kier molecular flexibility index (Phi) is 3.79. The van der Waals surface area contributed by atoms with E-state index in [1.165, 1.54) is 49.8 Å². The molecule has 1 aliphatic carbocycles. The number of hydrogen-bond donors (Lipinski definition) is 2. The summed E-state index contributed by atoms with van der Waals surface area (Å²) in [5.74, 6) is 0.677. The standard InChI is InChI=1S/C17H26N2/c1-17(10-5-2-6-11-17)19-13-14-9-12-18-16-8-4-3-7-15(14)16/h3-4,7-8,14,18-19H,2,5-6,9-13H2,1H3. The Morgan fingerprint density at radius 1 is 1.21 bits per heavy atom. The molecule has 0 amide bonds. The molecule has 0 saturated heterocycles. The number of hydrogen-bond acceptors (Lipinski definition) is 2. The predicted molar refractivity (Wildman–Crippen MR) is 81.8 cm³/mol. The molecule has 1 unspecified atom stereocenters. The lowest BCUT2D eigenvalue weighted by molar-refractivity contribution is 0.248. The van der Waals surface area contributed by atoms with E-state index in [-0.39, 0.29) is 0 Å². The van der Waals surface area contributed by atoms with Gasteiger partial charge in [0.2, 0.25) is 0 Å². The summed E-state index contributed by atoms with van der Waals surface area (Å²) in [5.41, 5.74) is 3.23. The third-order valence-electron chi connectivity index (χ3n) is 4.94. The largest absolute Gasteiger partial charge is 0.385 e. The molecule has 19 heavy (non-hydrogen) atoms. The van der Waals surface area contributed by atoms with Gasteiger partial charge in [-0.3, -0.25) is 0 Å². The molecule has 0 aromatic heterocycles. The van der Waals surface area contributed by atoms with Gasteiger partial charge in [0.25, 0.3) is 0 Å². The van der Waals surface area contributed by atoms with Crippen LogP contribution in [0.3, 0.4) is 0 Å². The molecule has 1 aliphatic heterocycles. The van der Waals surface area contributed by atoms with E-state index >= 15 is 0 Å². The molecule has 1 heterocycles. The van der Waals surface area contributed by atoms with Crippen molar-refractivity contribution in [2.75, 3.05) is 18.4 Å². The van der Waals surface area contributed by atoms with Crippen molar-refractivity contribution >= 4 is 5.69 Å². The SMILES string of the molecule is CC1(NCC2CCNc3ccccc32)CCCCC1. The number of benzene rings is 1. The van der Waals surface area contributed by atoms with Gasteiger partial charge in [0.05, 0.1) is 0 Å². The maximum atomic E-state index is 3.88. The summed E-state index contributed by atoms with van der Waals surface area (Å²) in [6.45, 7) is 4.66. The highest BCUT2D eigenvalue weighted by Crippen LogP contribution is 2.33. The van der Waals surface area contributed by atoms with E-state index in [1.807, 2.05) is 0 Å². The molecular formula is C17H26N2. The summed E-state index contributed by atoms with van der Waals surface area (Å²) >= 11 is 0. The monoisotopic (exact) mass is 258 g/mol. The zero-order chi connectivity index (χ0) is 13.1. The van der Waals surface area contributed by atoms with Crippen LogP contribution in [0.4, 0.5) is 5.69 Å². The number of anilines is 1. The van der Waals surface area contributed by atoms with Gasteiger partial charge >= 0.3 is 0 Å². The first-order valence-corrected chi connectivity index (χ1v) is 7.85. The van der Waals surface area contributed by atoms with Crippen molar-refractivity contribution in [3.05, 3.63) is 29.8 Å². The molecular weight excluding hydrogens is 232 g/mol. The quantitative estimate of drug-likeness (QED) is 0.859. The zero-order valence-electron chi connectivity index (χ0n) is 12.0. The van der Waals surface area contributed by atoms with Gasteiger partial charge in [0, 0.05) is 30.2 Å². The Hall–Kier alpha value is -1.02. The lowest BCUT2D eigenvalue weighted by atomic mass is 9.82. The van der Waals surface area contributed by atoms with Crippen molar-refractivity contribution in [2.24, 2.45) is 0 Å². The van der Waals surface area contributed by atoms with Gasteiger partial charge in [-0.1, -0.05) is 37.5 Å².